The summed E-state index contributed by atoms with van der Waals surface area (Å²) in [4.78, 5) is 20.2. The van der Waals surface area contributed by atoms with Crippen LogP contribution in [0.5, 0.6) is 5.75 Å². The highest BCUT2D eigenvalue weighted by Gasteiger charge is 2.31. The molecule has 0 saturated heterocycles. The number of carboxylic acid groups (broad SMARTS) is 1. The number of hydrogen-bond acceptors (Lipinski definition) is 6. The van der Waals surface area contributed by atoms with Gasteiger partial charge in [0.1, 0.15) is 22.9 Å². The van der Waals surface area contributed by atoms with Crippen molar-refractivity contribution in [1.29, 1.82) is 0 Å². The Hall–Kier alpha value is -4.12. The summed E-state index contributed by atoms with van der Waals surface area (Å²) >= 11 is 6.26. The SMILES string of the molecule is Cc1ccc(C(=O)O)c(-c2c(CCNc3ncnc(C)c3Cl)cnn2-c2ccc(OC(F)(F)F)cc2)c1. The molecule has 0 atom stereocenters. The Bertz CT molecular complexity index is 1440. The number of aryl methyl sites for hydroxylation is 2. The minimum Gasteiger partial charge on any atom is -0.478 e. The lowest BCUT2D eigenvalue weighted by Gasteiger charge is -2.15. The molecule has 0 aliphatic heterocycles. The maximum Gasteiger partial charge on any atom is 0.573 e. The molecule has 4 aromatic rings. The van der Waals surface area contributed by atoms with E-state index in [4.69, 9.17) is 11.6 Å². The van der Waals surface area contributed by atoms with Crippen molar-refractivity contribution in [2.45, 2.75) is 26.6 Å². The second-order valence-corrected chi connectivity index (χ2v) is 8.50. The zero-order chi connectivity index (χ0) is 26.7. The first-order chi connectivity index (χ1) is 17.5. The van der Waals surface area contributed by atoms with E-state index < -0.39 is 12.3 Å². The first-order valence-corrected chi connectivity index (χ1v) is 11.4. The fourth-order valence-corrected chi connectivity index (χ4v) is 3.94. The lowest BCUT2D eigenvalue weighted by molar-refractivity contribution is -0.274. The third kappa shape index (κ3) is 6.00. The van der Waals surface area contributed by atoms with E-state index >= 15 is 0 Å². The van der Waals surface area contributed by atoms with E-state index in [2.05, 4.69) is 25.1 Å². The number of carboxylic acids is 1. The molecule has 37 heavy (non-hydrogen) atoms. The standard InChI is InChI=1S/C25H21ClF3N5O3/c1-14-3-8-19(24(35)36)20(11-14)22-16(9-10-30-23-21(26)15(2)31-13-32-23)12-33-34(22)17-4-6-18(7-5-17)37-25(27,28)29/h3-8,11-13H,9-10H2,1-2H3,(H,35,36)(H,30,31,32). The summed E-state index contributed by atoms with van der Waals surface area (Å²) in [5, 5.41) is 17.8. The lowest BCUT2D eigenvalue weighted by atomic mass is 9.98. The van der Waals surface area contributed by atoms with Gasteiger partial charge in [-0.2, -0.15) is 5.10 Å². The van der Waals surface area contributed by atoms with Gasteiger partial charge in [-0.05, 0) is 56.7 Å². The summed E-state index contributed by atoms with van der Waals surface area (Å²) < 4.78 is 43.2. The number of aromatic carboxylic acids is 1. The Morgan fingerprint density at radius 1 is 1.14 bits per heavy atom. The highest BCUT2D eigenvalue weighted by molar-refractivity contribution is 6.33. The molecule has 0 spiro atoms. The van der Waals surface area contributed by atoms with E-state index in [1.165, 1.54) is 41.3 Å². The van der Waals surface area contributed by atoms with Crippen LogP contribution in [0.4, 0.5) is 19.0 Å². The monoisotopic (exact) mass is 531 g/mol. The van der Waals surface area contributed by atoms with E-state index in [0.29, 0.717) is 52.0 Å². The second kappa shape index (κ2) is 10.5. The Balaban J connectivity index is 1.73. The number of nitrogens with one attached hydrogen (secondary N) is 1. The number of halogens is 4. The van der Waals surface area contributed by atoms with Crippen molar-refractivity contribution < 1.29 is 27.8 Å². The molecule has 8 nitrogen and oxygen atoms in total. The number of anilines is 1. The molecule has 0 radical (unpaired) electrons. The summed E-state index contributed by atoms with van der Waals surface area (Å²) in [7, 11) is 0. The molecule has 2 aromatic carbocycles. The number of aromatic nitrogens is 4. The Labute approximate surface area is 214 Å². The molecule has 0 aliphatic rings. The molecule has 0 amide bonds. The van der Waals surface area contributed by atoms with Crippen molar-refractivity contribution in [1.82, 2.24) is 19.7 Å². The number of carbonyl (C=O) groups is 1. The number of benzene rings is 2. The van der Waals surface area contributed by atoms with E-state index in [9.17, 15) is 23.1 Å². The van der Waals surface area contributed by atoms with Crippen LogP contribution < -0.4 is 10.1 Å². The van der Waals surface area contributed by atoms with Crippen LogP contribution in [-0.2, 0) is 6.42 Å². The van der Waals surface area contributed by atoms with E-state index in [-0.39, 0.29) is 11.3 Å². The minimum absolute atomic E-state index is 0.0630. The first-order valence-electron chi connectivity index (χ1n) is 11.0. The zero-order valence-electron chi connectivity index (χ0n) is 19.7. The predicted molar refractivity (Wildman–Crippen MR) is 131 cm³/mol. The maximum absolute atomic E-state index is 12.6. The van der Waals surface area contributed by atoms with Gasteiger partial charge in [-0.25, -0.2) is 19.4 Å². The molecule has 192 valence electrons. The zero-order valence-corrected chi connectivity index (χ0v) is 20.4. The van der Waals surface area contributed by atoms with Gasteiger partial charge < -0.3 is 15.2 Å². The molecular formula is C25H21ClF3N5O3. The second-order valence-electron chi connectivity index (χ2n) is 8.12. The third-order valence-corrected chi connectivity index (χ3v) is 5.92. The molecule has 0 saturated carbocycles. The van der Waals surface area contributed by atoms with Crippen LogP contribution in [0.15, 0.2) is 55.0 Å². The van der Waals surface area contributed by atoms with Crippen LogP contribution in [0.1, 0.15) is 27.2 Å². The smallest absolute Gasteiger partial charge is 0.478 e. The molecule has 2 aromatic heterocycles. The van der Waals surface area contributed by atoms with Crippen molar-refractivity contribution in [2.24, 2.45) is 0 Å². The van der Waals surface area contributed by atoms with Crippen molar-refractivity contribution in [3.63, 3.8) is 0 Å². The molecule has 4 rings (SSSR count). The molecular weight excluding hydrogens is 511 g/mol. The fourth-order valence-electron chi connectivity index (χ4n) is 3.77. The van der Waals surface area contributed by atoms with Crippen molar-refractivity contribution in [3.8, 4) is 22.7 Å². The van der Waals surface area contributed by atoms with Crippen LogP contribution in [0.2, 0.25) is 5.02 Å². The van der Waals surface area contributed by atoms with Gasteiger partial charge in [-0.1, -0.05) is 23.2 Å². The molecule has 2 N–H and O–H groups in total. The third-order valence-electron chi connectivity index (χ3n) is 5.47. The Morgan fingerprint density at radius 3 is 2.54 bits per heavy atom. The Morgan fingerprint density at radius 2 is 1.86 bits per heavy atom. The largest absolute Gasteiger partial charge is 0.573 e. The normalized spacial score (nSPS) is 11.4. The molecule has 2 heterocycles. The van der Waals surface area contributed by atoms with Crippen LogP contribution in [0.3, 0.4) is 0 Å². The van der Waals surface area contributed by atoms with Crippen LogP contribution in [0.25, 0.3) is 16.9 Å². The van der Waals surface area contributed by atoms with Gasteiger partial charge in [0.25, 0.3) is 0 Å². The van der Waals surface area contributed by atoms with E-state index in [0.717, 1.165) is 5.56 Å². The van der Waals surface area contributed by atoms with Gasteiger partial charge >= 0.3 is 12.3 Å². The summed E-state index contributed by atoms with van der Waals surface area (Å²) in [6, 6.07) is 10.1. The van der Waals surface area contributed by atoms with Gasteiger partial charge in [0.15, 0.2) is 0 Å². The van der Waals surface area contributed by atoms with E-state index in [1.807, 2.05) is 6.92 Å². The molecule has 0 unspecified atom stereocenters. The predicted octanol–water partition coefficient (Wildman–Crippen LogP) is 5.85. The van der Waals surface area contributed by atoms with Crippen molar-refractivity contribution in [3.05, 3.63) is 82.4 Å². The highest BCUT2D eigenvalue weighted by Crippen LogP contribution is 2.32. The number of hydrogen-bond donors (Lipinski definition) is 2. The quantitative estimate of drug-likeness (QED) is 0.294. The average Bonchev–Trinajstić information content (AvgIpc) is 3.24. The van der Waals surface area contributed by atoms with Crippen molar-refractivity contribution in [2.75, 3.05) is 11.9 Å². The minimum atomic E-state index is -4.82. The van der Waals surface area contributed by atoms with E-state index in [1.54, 1.807) is 25.3 Å². The topological polar surface area (TPSA) is 102 Å². The summed E-state index contributed by atoms with van der Waals surface area (Å²) in [6.45, 7) is 3.98. The highest BCUT2D eigenvalue weighted by atomic mass is 35.5. The first kappa shape index (κ1) is 26.0. The average molecular weight is 532 g/mol. The van der Waals surface area contributed by atoms with Gasteiger partial charge in [-0.3, -0.25) is 0 Å². The summed E-state index contributed by atoms with van der Waals surface area (Å²) in [5.41, 5.74) is 3.57. The van der Waals surface area contributed by atoms with Crippen LogP contribution >= 0.6 is 11.6 Å². The number of alkyl halides is 3. The number of ether oxygens (including phenoxy) is 1. The van der Waals surface area contributed by atoms with Gasteiger partial charge in [0, 0.05) is 17.7 Å². The number of nitrogens with zero attached hydrogens (tertiary/aromatic N) is 4. The van der Waals surface area contributed by atoms with Gasteiger partial charge in [0.05, 0.1) is 28.8 Å². The maximum atomic E-state index is 12.6. The van der Waals surface area contributed by atoms with Gasteiger partial charge in [-0.15, -0.1) is 13.2 Å². The van der Waals surface area contributed by atoms with Crippen LogP contribution in [-0.4, -0.2) is 43.7 Å². The van der Waals surface area contributed by atoms with Crippen molar-refractivity contribution >= 4 is 23.4 Å². The summed E-state index contributed by atoms with van der Waals surface area (Å²) in [5.74, 6) is -1.04. The fraction of sp³-hybridized carbons (Fsp3) is 0.200. The molecule has 0 fully saturated rings. The lowest BCUT2D eigenvalue weighted by Crippen LogP contribution is -2.17. The molecule has 0 aliphatic carbocycles. The van der Waals surface area contributed by atoms with Crippen LogP contribution in [0, 0.1) is 13.8 Å². The molecule has 0 bridgehead atoms. The van der Waals surface area contributed by atoms with Gasteiger partial charge in [0.2, 0.25) is 0 Å². The summed E-state index contributed by atoms with van der Waals surface area (Å²) in [6.07, 6.45) is -1.42. The Kier molecular flexibility index (Phi) is 7.35. The number of rotatable bonds is 8. The molecule has 12 heteroatoms.